The number of nitrogens with two attached hydrogens (primary N) is 1. The number of nitrogens with zero attached hydrogens (tertiary/aromatic N) is 1. The topological polar surface area (TPSA) is 29.3 Å². The van der Waals surface area contributed by atoms with Crippen molar-refractivity contribution in [2.75, 3.05) is 23.7 Å². The highest BCUT2D eigenvalue weighted by atomic mass is 15.1. The number of anilines is 2. The highest BCUT2D eigenvalue weighted by Gasteiger charge is 2.16. The van der Waals surface area contributed by atoms with Gasteiger partial charge in [0, 0.05) is 24.5 Å². The molecule has 0 amide bonds. The Morgan fingerprint density at radius 3 is 2.74 bits per heavy atom. The van der Waals surface area contributed by atoms with Gasteiger partial charge in [-0.1, -0.05) is 30.3 Å². The van der Waals surface area contributed by atoms with Crippen LogP contribution in [0.25, 0.3) is 0 Å². The summed E-state index contributed by atoms with van der Waals surface area (Å²) in [6.07, 6.45) is 3.48. The normalized spacial score (nSPS) is 14.2. The minimum Gasteiger partial charge on any atom is -0.399 e. The molecular weight excluding hydrogens is 232 g/mol. The van der Waals surface area contributed by atoms with E-state index < -0.39 is 0 Å². The third-order valence-electron chi connectivity index (χ3n) is 3.83. The van der Waals surface area contributed by atoms with Crippen LogP contribution in [0.15, 0.2) is 48.5 Å². The monoisotopic (exact) mass is 252 g/mol. The van der Waals surface area contributed by atoms with Crippen LogP contribution in [0, 0.1) is 0 Å². The Hall–Kier alpha value is -1.96. The van der Waals surface area contributed by atoms with Gasteiger partial charge in [0.1, 0.15) is 0 Å². The molecule has 0 fully saturated rings. The van der Waals surface area contributed by atoms with Crippen LogP contribution in [0.1, 0.15) is 17.5 Å². The Kier molecular flexibility index (Phi) is 3.41. The van der Waals surface area contributed by atoms with E-state index in [0.717, 1.165) is 31.6 Å². The minimum absolute atomic E-state index is 0.878. The molecule has 2 nitrogen and oxygen atoms in total. The van der Waals surface area contributed by atoms with Crippen LogP contribution in [0.3, 0.4) is 0 Å². The van der Waals surface area contributed by atoms with Gasteiger partial charge in [-0.2, -0.15) is 0 Å². The second-order valence-corrected chi connectivity index (χ2v) is 5.21. The van der Waals surface area contributed by atoms with Gasteiger partial charge in [0.05, 0.1) is 0 Å². The van der Waals surface area contributed by atoms with Gasteiger partial charge < -0.3 is 10.6 Å². The van der Waals surface area contributed by atoms with Crippen LogP contribution in [0.5, 0.6) is 0 Å². The van der Waals surface area contributed by atoms with Crippen molar-refractivity contribution in [3.8, 4) is 0 Å². The fourth-order valence-electron chi connectivity index (χ4n) is 2.84. The molecular formula is C17H20N2. The molecule has 0 aromatic heterocycles. The molecule has 0 saturated carbocycles. The molecule has 0 spiro atoms. The van der Waals surface area contributed by atoms with E-state index in [9.17, 15) is 0 Å². The zero-order valence-corrected chi connectivity index (χ0v) is 11.2. The lowest BCUT2D eigenvalue weighted by atomic mass is 10.0. The summed E-state index contributed by atoms with van der Waals surface area (Å²) in [5, 5.41) is 0. The summed E-state index contributed by atoms with van der Waals surface area (Å²) >= 11 is 0. The molecule has 0 bridgehead atoms. The first kappa shape index (κ1) is 12.1. The van der Waals surface area contributed by atoms with Gasteiger partial charge >= 0.3 is 0 Å². The first-order valence-electron chi connectivity index (χ1n) is 7.00. The standard InChI is InChI=1S/C17H20N2/c18-16-8-9-17-15(13-16)7-4-11-19(17)12-10-14-5-2-1-3-6-14/h1-3,5-6,8-9,13H,4,7,10-12,18H2. The van der Waals surface area contributed by atoms with Crippen molar-refractivity contribution in [1.82, 2.24) is 0 Å². The molecule has 98 valence electrons. The van der Waals surface area contributed by atoms with Gasteiger partial charge in [-0.15, -0.1) is 0 Å². The highest BCUT2D eigenvalue weighted by molar-refractivity contribution is 5.61. The minimum atomic E-state index is 0.878. The Bertz CT molecular complexity index is 548. The van der Waals surface area contributed by atoms with E-state index in [1.165, 1.54) is 23.2 Å². The maximum absolute atomic E-state index is 5.87. The van der Waals surface area contributed by atoms with Crippen LogP contribution in [0.2, 0.25) is 0 Å². The molecule has 0 radical (unpaired) electrons. The number of rotatable bonds is 3. The van der Waals surface area contributed by atoms with Crippen LogP contribution < -0.4 is 10.6 Å². The summed E-state index contributed by atoms with van der Waals surface area (Å²) in [5.41, 5.74) is 10.9. The molecule has 1 heterocycles. The third-order valence-corrected chi connectivity index (χ3v) is 3.83. The Morgan fingerprint density at radius 2 is 1.89 bits per heavy atom. The predicted molar refractivity (Wildman–Crippen MR) is 81.5 cm³/mol. The molecule has 1 aliphatic rings. The van der Waals surface area contributed by atoms with Gasteiger partial charge in [-0.3, -0.25) is 0 Å². The van der Waals surface area contributed by atoms with E-state index >= 15 is 0 Å². The van der Waals surface area contributed by atoms with Gasteiger partial charge in [0.25, 0.3) is 0 Å². The van der Waals surface area contributed by atoms with E-state index in [4.69, 9.17) is 5.73 Å². The third kappa shape index (κ3) is 2.73. The number of benzene rings is 2. The molecule has 3 rings (SSSR count). The lowest BCUT2D eigenvalue weighted by Crippen LogP contribution is -2.31. The summed E-state index contributed by atoms with van der Waals surface area (Å²) in [6, 6.07) is 17.0. The SMILES string of the molecule is Nc1ccc2c(c1)CCCN2CCc1ccccc1. The summed E-state index contributed by atoms with van der Waals surface area (Å²) in [7, 11) is 0. The maximum atomic E-state index is 5.87. The smallest absolute Gasteiger partial charge is 0.0400 e. The first-order valence-corrected chi connectivity index (χ1v) is 7.00. The summed E-state index contributed by atoms with van der Waals surface area (Å²) in [5.74, 6) is 0. The molecule has 2 aromatic carbocycles. The lowest BCUT2D eigenvalue weighted by molar-refractivity contribution is 0.688. The zero-order chi connectivity index (χ0) is 13.1. The van der Waals surface area contributed by atoms with Crippen molar-refractivity contribution in [2.24, 2.45) is 0 Å². The van der Waals surface area contributed by atoms with E-state index in [1.807, 2.05) is 6.07 Å². The van der Waals surface area contributed by atoms with E-state index in [2.05, 4.69) is 47.4 Å². The van der Waals surface area contributed by atoms with Crippen LogP contribution in [0.4, 0.5) is 11.4 Å². The summed E-state index contributed by atoms with van der Waals surface area (Å²) < 4.78 is 0. The molecule has 1 aliphatic heterocycles. The average Bonchev–Trinajstić information content (AvgIpc) is 2.45. The molecule has 2 heteroatoms. The Morgan fingerprint density at radius 1 is 1.05 bits per heavy atom. The first-order chi connectivity index (χ1) is 9.33. The molecule has 2 N–H and O–H groups in total. The van der Waals surface area contributed by atoms with Gasteiger partial charge in [0.15, 0.2) is 0 Å². The van der Waals surface area contributed by atoms with Crippen LogP contribution >= 0.6 is 0 Å². The van der Waals surface area contributed by atoms with Crippen molar-refractivity contribution >= 4 is 11.4 Å². The Balaban J connectivity index is 1.73. The quantitative estimate of drug-likeness (QED) is 0.850. The van der Waals surface area contributed by atoms with Crippen LogP contribution in [-0.2, 0) is 12.8 Å². The van der Waals surface area contributed by atoms with E-state index in [-0.39, 0.29) is 0 Å². The average molecular weight is 252 g/mol. The second kappa shape index (κ2) is 5.35. The number of aryl methyl sites for hydroxylation is 1. The molecule has 0 aliphatic carbocycles. The molecule has 2 aromatic rings. The van der Waals surface area contributed by atoms with E-state index in [0.29, 0.717) is 0 Å². The molecule has 0 unspecified atom stereocenters. The molecule has 0 saturated heterocycles. The maximum Gasteiger partial charge on any atom is 0.0400 e. The second-order valence-electron chi connectivity index (χ2n) is 5.21. The van der Waals surface area contributed by atoms with Crippen molar-refractivity contribution in [3.05, 3.63) is 59.7 Å². The van der Waals surface area contributed by atoms with Crippen molar-refractivity contribution in [3.63, 3.8) is 0 Å². The van der Waals surface area contributed by atoms with Gasteiger partial charge in [-0.25, -0.2) is 0 Å². The lowest BCUT2D eigenvalue weighted by Gasteiger charge is -2.31. The van der Waals surface area contributed by atoms with Crippen molar-refractivity contribution < 1.29 is 0 Å². The Labute approximate surface area is 114 Å². The summed E-state index contributed by atoms with van der Waals surface area (Å²) in [6.45, 7) is 2.24. The summed E-state index contributed by atoms with van der Waals surface area (Å²) in [4.78, 5) is 2.49. The van der Waals surface area contributed by atoms with Crippen LogP contribution in [-0.4, -0.2) is 13.1 Å². The number of nitrogen functional groups attached to an aromatic ring is 1. The zero-order valence-electron chi connectivity index (χ0n) is 11.2. The van der Waals surface area contributed by atoms with E-state index in [1.54, 1.807) is 0 Å². The van der Waals surface area contributed by atoms with Gasteiger partial charge in [0.2, 0.25) is 0 Å². The fraction of sp³-hybridized carbons (Fsp3) is 0.294. The number of hydrogen-bond donors (Lipinski definition) is 1. The largest absolute Gasteiger partial charge is 0.399 e. The molecule has 0 atom stereocenters. The highest BCUT2D eigenvalue weighted by Crippen LogP contribution is 2.28. The van der Waals surface area contributed by atoms with Crippen molar-refractivity contribution in [1.29, 1.82) is 0 Å². The number of fused-ring (bicyclic) bond motifs is 1. The number of hydrogen-bond acceptors (Lipinski definition) is 2. The fourth-order valence-corrected chi connectivity index (χ4v) is 2.84. The molecule has 19 heavy (non-hydrogen) atoms. The van der Waals surface area contributed by atoms with Crippen molar-refractivity contribution in [2.45, 2.75) is 19.3 Å². The predicted octanol–water partition coefficient (Wildman–Crippen LogP) is 3.26. The van der Waals surface area contributed by atoms with Gasteiger partial charge in [-0.05, 0) is 48.6 Å².